The maximum absolute atomic E-state index is 11.3. The number of halogens is 2. The van der Waals surface area contributed by atoms with Crippen molar-refractivity contribution >= 4 is 35.1 Å². The Bertz CT molecular complexity index is 270. The normalized spacial score (nSPS) is 10.6. The van der Waals surface area contributed by atoms with Gasteiger partial charge in [0, 0.05) is 0 Å². The van der Waals surface area contributed by atoms with Gasteiger partial charge in [-0.2, -0.15) is 0 Å². The van der Waals surface area contributed by atoms with Crippen LogP contribution in [-0.2, 0) is 19.1 Å². The number of hydrogen-bond acceptors (Lipinski definition) is 4. The van der Waals surface area contributed by atoms with Gasteiger partial charge in [-0.1, -0.05) is 39.0 Å². The molecule has 0 fully saturated rings. The summed E-state index contributed by atoms with van der Waals surface area (Å²) in [6.07, 6.45) is 6.86. The van der Waals surface area contributed by atoms with E-state index in [2.05, 4.69) is 6.92 Å². The van der Waals surface area contributed by atoms with Gasteiger partial charge in [0.05, 0.1) is 19.4 Å². The first-order valence-electron chi connectivity index (χ1n) is 7.15. The third kappa shape index (κ3) is 13.9. The zero-order chi connectivity index (χ0) is 15.2. The molecular formula is C14H24Cl2O4. The van der Waals surface area contributed by atoms with Crippen molar-refractivity contribution in [1.29, 1.82) is 0 Å². The summed E-state index contributed by atoms with van der Waals surface area (Å²) in [6, 6.07) is 0. The van der Waals surface area contributed by atoms with Gasteiger partial charge in [-0.25, -0.2) is 0 Å². The lowest BCUT2D eigenvalue weighted by atomic mass is 10.1. The van der Waals surface area contributed by atoms with E-state index < -0.39 is 10.8 Å². The minimum Gasteiger partial charge on any atom is -0.466 e. The molecule has 0 bridgehead atoms. The average molecular weight is 327 g/mol. The molecule has 6 heteroatoms. The van der Waals surface area contributed by atoms with Crippen LogP contribution in [0.2, 0.25) is 0 Å². The lowest BCUT2D eigenvalue weighted by Gasteiger charge is -2.06. The second-order valence-corrected chi connectivity index (χ2v) is 5.84. The molecule has 0 aromatic heterocycles. The topological polar surface area (TPSA) is 52.6 Å². The standard InChI is InChI=1S/C14H24Cl2O4/c1-2-3-4-5-6-7-10-19-13(17)8-9-14(18)20-11-12(15)16/h12H,2-11H2,1H3. The van der Waals surface area contributed by atoms with Crippen LogP contribution in [0.15, 0.2) is 0 Å². The van der Waals surface area contributed by atoms with E-state index in [0.29, 0.717) is 6.61 Å². The van der Waals surface area contributed by atoms with Crippen molar-refractivity contribution in [3.05, 3.63) is 0 Å². The highest BCUT2D eigenvalue weighted by atomic mass is 35.5. The minimum atomic E-state index is -0.737. The molecule has 4 nitrogen and oxygen atoms in total. The molecule has 0 rings (SSSR count). The number of hydrogen-bond donors (Lipinski definition) is 0. The molecule has 0 unspecified atom stereocenters. The first-order chi connectivity index (χ1) is 9.56. The first-order valence-corrected chi connectivity index (χ1v) is 8.03. The molecule has 0 aromatic carbocycles. The fourth-order valence-corrected chi connectivity index (χ4v) is 1.70. The van der Waals surface area contributed by atoms with E-state index in [1.165, 1.54) is 25.7 Å². The Morgan fingerprint density at radius 2 is 1.45 bits per heavy atom. The van der Waals surface area contributed by atoms with Crippen LogP contribution in [0.3, 0.4) is 0 Å². The number of alkyl halides is 2. The van der Waals surface area contributed by atoms with Crippen LogP contribution in [0.4, 0.5) is 0 Å². The number of carbonyl (C=O) groups is 2. The molecular weight excluding hydrogens is 303 g/mol. The van der Waals surface area contributed by atoms with Gasteiger partial charge in [0.2, 0.25) is 0 Å². The highest BCUT2D eigenvalue weighted by molar-refractivity contribution is 6.44. The monoisotopic (exact) mass is 326 g/mol. The highest BCUT2D eigenvalue weighted by Crippen LogP contribution is 2.06. The van der Waals surface area contributed by atoms with E-state index in [0.717, 1.165) is 12.8 Å². The van der Waals surface area contributed by atoms with Crippen molar-refractivity contribution in [3.8, 4) is 0 Å². The van der Waals surface area contributed by atoms with E-state index in [9.17, 15) is 9.59 Å². The van der Waals surface area contributed by atoms with E-state index >= 15 is 0 Å². The summed E-state index contributed by atoms with van der Waals surface area (Å²) >= 11 is 10.8. The Labute approximate surface area is 131 Å². The van der Waals surface area contributed by atoms with Crippen LogP contribution >= 0.6 is 23.2 Å². The maximum Gasteiger partial charge on any atom is 0.306 e. The van der Waals surface area contributed by atoms with E-state index in [-0.39, 0.29) is 25.4 Å². The zero-order valence-corrected chi connectivity index (χ0v) is 13.5. The lowest BCUT2D eigenvalue weighted by Crippen LogP contribution is -2.13. The SMILES string of the molecule is CCCCCCCCOC(=O)CCC(=O)OCC(Cl)Cl. The van der Waals surface area contributed by atoms with Gasteiger partial charge in [-0.3, -0.25) is 9.59 Å². The quantitative estimate of drug-likeness (QED) is 0.309. The van der Waals surface area contributed by atoms with Gasteiger partial charge < -0.3 is 9.47 Å². The van der Waals surface area contributed by atoms with Crippen LogP contribution in [0.1, 0.15) is 58.3 Å². The number of ether oxygens (including phenoxy) is 2. The van der Waals surface area contributed by atoms with Crippen LogP contribution in [0, 0.1) is 0 Å². The molecule has 0 amide bonds. The third-order valence-corrected chi connectivity index (χ3v) is 2.92. The lowest BCUT2D eigenvalue weighted by molar-refractivity contribution is -0.150. The predicted molar refractivity (Wildman–Crippen MR) is 80.0 cm³/mol. The van der Waals surface area contributed by atoms with E-state index in [1.807, 2.05) is 0 Å². The molecule has 0 aliphatic heterocycles. The molecule has 0 saturated carbocycles. The minimum absolute atomic E-state index is 0.00414. The summed E-state index contributed by atoms with van der Waals surface area (Å²) in [5.41, 5.74) is 0. The van der Waals surface area contributed by atoms with E-state index in [4.69, 9.17) is 32.7 Å². The second-order valence-electron chi connectivity index (χ2n) is 4.56. The third-order valence-electron chi connectivity index (χ3n) is 2.66. The van der Waals surface area contributed by atoms with Crippen molar-refractivity contribution in [2.45, 2.75) is 63.1 Å². The number of unbranched alkanes of at least 4 members (excludes halogenated alkanes) is 5. The van der Waals surface area contributed by atoms with Gasteiger partial charge in [-0.05, 0) is 6.42 Å². The Kier molecular flexibility index (Phi) is 13.2. The van der Waals surface area contributed by atoms with Crippen LogP contribution in [0.25, 0.3) is 0 Å². The van der Waals surface area contributed by atoms with Crippen LogP contribution < -0.4 is 0 Å². The summed E-state index contributed by atoms with van der Waals surface area (Å²) in [6.45, 7) is 2.54. The molecule has 0 heterocycles. The smallest absolute Gasteiger partial charge is 0.306 e. The summed E-state index contributed by atoms with van der Waals surface area (Å²) in [7, 11) is 0. The zero-order valence-electron chi connectivity index (χ0n) is 12.0. The van der Waals surface area contributed by atoms with Gasteiger partial charge >= 0.3 is 11.9 Å². The van der Waals surface area contributed by atoms with Crippen molar-refractivity contribution in [3.63, 3.8) is 0 Å². The summed E-state index contributed by atoms with van der Waals surface area (Å²) in [4.78, 5) is 21.8. The molecule has 0 spiro atoms. The molecule has 0 saturated heterocycles. The van der Waals surface area contributed by atoms with Crippen molar-refractivity contribution in [2.24, 2.45) is 0 Å². The fourth-order valence-electron chi connectivity index (χ4n) is 1.57. The summed E-state index contributed by atoms with van der Waals surface area (Å²) in [5, 5.41) is 0. The number of rotatable bonds is 12. The molecule has 0 N–H and O–H groups in total. The van der Waals surface area contributed by atoms with Gasteiger partial charge in [0.25, 0.3) is 0 Å². The van der Waals surface area contributed by atoms with Crippen LogP contribution in [0.5, 0.6) is 0 Å². The molecule has 118 valence electrons. The second kappa shape index (κ2) is 13.5. The van der Waals surface area contributed by atoms with Gasteiger partial charge in [0.15, 0.2) is 0 Å². The highest BCUT2D eigenvalue weighted by Gasteiger charge is 2.10. The summed E-state index contributed by atoms with van der Waals surface area (Å²) < 4.78 is 9.75. The van der Waals surface area contributed by atoms with Crippen molar-refractivity contribution in [2.75, 3.05) is 13.2 Å². The Morgan fingerprint density at radius 1 is 0.900 bits per heavy atom. The van der Waals surface area contributed by atoms with Gasteiger partial charge in [0.1, 0.15) is 11.4 Å². The average Bonchev–Trinajstić information content (AvgIpc) is 2.41. The Morgan fingerprint density at radius 3 is 2.05 bits per heavy atom. The Balaban J connectivity index is 3.38. The summed E-state index contributed by atoms with van der Waals surface area (Å²) in [5.74, 6) is -0.864. The Hall–Kier alpha value is -0.480. The molecule has 0 aliphatic rings. The van der Waals surface area contributed by atoms with Crippen molar-refractivity contribution < 1.29 is 19.1 Å². The molecule has 0 aliphatic carbocycles. The fraction of sp³-hybridized carbons (Fsp3) is 0.857. The van der Waals surface area contributed by atoms with E-state index in [1.54, 1.807) is 0 Å². The first kappa shape index (κ1) is 19.5. The largest absolute Gasteiger partial charge is 0.466 e. The van der Waals surface area contributed by atoms with Crippen LogP contribution in [-0.4, -0.2) is 30.0 Å². The molecule has 20 heavy (non-hydrogen) atoms. The van der Waals surface area contributed by atoms with Gasteiger partial charge in [-0.15, -0.1) is 23.2 Å². The van der Waals surface area contributed by atoms with Crippen molar-refractivity contribution in [1.82, 2.24) is 0 Å². The number of esters is 2. The number of carbonyl (C=O) groups excluding carboxylic acids is 2. The molecule has 0 atom stereocenters. The molecule has 0 radical (unpaired) electrons. The molecule has 0 aromatic rings. The predicted octanol–water partition coefficient (Wildman–Crippen LogP) is 4.02. The maximum atomic E-state index is 11.3.